The number of carbonyl (C=O) groups excluding carboxylic acids is 1. The fourth-order valence-corrected chi connectivity index (χ4v) is 2.08. The molecule has 4 heteroatoms. The van der Waals surface area contributed by atoms with Gasteiger partial charge in [0.05, 0.1) is 6.61 Å². The number of unbranched alkanes of at least 4 members (excludes halogenated alkanes) is 1. The van der Waals surface area contributed by atoms with E-state index in [1.54, 1.807) is 0 Å². The van der Waals surface area contributed by atoms with Crippen LogP contribution in [0.4, 0.5) is 0 Å². The van der Waals surface area contributed by atoms with Gasteiger partial charge in [-0.3, -0.25) is 4.79 Å². The van der Waals surface area contributed by atoms with E-state index < -0.39 is 0 Å². The number of hydrogen-bond donors (Lipinski definition) is 2. The van der Waals surface area contributed by atoms with E-state index in [0.29, 0.717) is 5.56 Å². The maximum absolute atomic E-state index is 12.0. The van der Waals surface area contributed by atoms with Crippen molar-refractivity contribution >= 4 is 5.91 Å². The first-order valence-corrected chi connectivity index (χ1v) is 7.04. The van der Waals surface area contributed by atoms with Crippen LogP contribution in [-0.4, -0.2) is 31.6 Å². The maximum atomic E-state index is 12.0. The summed E-state index contributed by atoms with van der Waals surface area (Å²) in [5.41, 5.74) is 0.690. The molecule has 0 unspecified atom stereocenters. The molecular formula is C15H22N2O2. The quantitative estimate of drug-likeness (QED) is 0.771. The number of hydrogen-bond acceptors (Lipinski definition) is 3. The van der Waals surface area contributed by atoms with Crippen molar-refractivity contribution in [1.82, 2.24) is 10.6 Å². The summed E-state index contributed by atoms with van der Waals surface area (Å²) >= 11 is 0. The van der Waals surface area contributed by atoms with Crippen LogP contribution < -0.4 is 15.4 Å². The number of benzene rings is 1. The number of rotatable bonds is 6. The van der Waals surface area contributed by atoms with Gasteiger partial charge < -0.3 is 15.4 Å². The fraction of sp³-hybridized carbons (Fsp3) is 0.533. The van der Waals surface area contributed by atoms with Gasteiger partial charge in [0.2, 0.25) is 0 Å². The topological polar surface area (TPSA) is 50.4 Å². The van der Waals surface area contributed by atoms with E-state index in [4.69, 9.17) is 4.74 Å². The molecule has 1 amide bonds. The third-order valence-corrected chi connectivity index (χ3v) is 3.28. The van der Waals surface area contributed by atoms with Crippen LogP contribution in [0.25, 0.3) is 0 Å². The zero-order valence-corrected chi connectivity index (χ0v) is 11.4. The molecule has 4 nitrogen and oxygen atoms in total. The third kappa shape index (κ3) is 4.24. The van der Waals surface area contributed by atoms with Crippen molar-refractivity contribution in [3.63, 3.8) is 0 Å². The summed E-state index contributed by atoms with van der Waals surface area (Å²) in [4.78, 5) is 12.0. The summed E-state index contributed by atoms with van der Waals surface area (Å²) in [7, 11) is 0. The molecule has 1 atom stereocenters. The summed E-state index contributed by atoms with van der Waals surface area (Å²) in [6.45, 7) is 4.71. The minimum Gasteiger partial charge on any atom is -0.494 e. The lowest BCUT2D eigenvalue weighted by Gasteiger charge is -2.11. The van der Waals surface area contributed by atoms with E-state index >= 15 is 0 Å². The van der Waals surface area contributed by atoms with Gasteiger partial charge in [0, 0.05) is 18.2 Å². The lowest BCUT2D eigenvalue weighted by atomic mass is 10.2. The molecule has 0 saturated carbocycles. The average molecular weight is 262 g/mol. The Kier molecular flexibility index (Phi) is 5.21. The highest BCUT2D eigenvalue weighted by atomic mass is 16.5. The van der Waals surface area contributed by atoms with Crippen LogP contribution in [0.3, 0.4) is 0 Å². The first kappa shape index (κ1) is 13.9. The Morgan fingerprint density at radius 1 is 1.42 bits per heavy atom. The second-order valence-electron chi connectivity index (χ2n) is 4.89. The zero-order chi connectivity index (χ0) is 13.5. The Bertz CT molecular complexity index is 397. The number of amides is 1. The Morgan fingerprint density at radius 3 is 2.84 bits per heavy atom. The molecule has 0 spiro atoms. The smallest absolute Gasteiger partial charge is 0.251 e. The minimum absolute atomic E-state index is 0.00573. The molecule has 0 radical (unpaired) electrons. The van der Waals surface area contributed by atoms with Crippen LogP contribution in [0.15, 0.2) is 24.3 Å². The molecule has 104 valence electrons. The van der Waals surface area contributed by atoms with E-state index in [2.05, 4.69) is 17.6 Å². The molecule has 1 saturated heterocycles. The largest absolute Gasteiger partial charge is 0.494 e. The zero-order valence-electron chi connectivity index (χ0n) is 11.4. The van der Waals surface area contributed by atoms with Gasteiger partial charge in [-0.25, -0.2) is 0 Å². The van der Waals surface area contributed by atoms with Crippen LogP contribution >= 0.6 is 0 Å². The van der Waals surface area contributed by atoms with Crippen molar-refractivity contribution in [2.24, 2.45) is 0 Å². The first-order chi connectivity index (χ1) is 9.29. The normalized spacial score (nSPS) is 18.3. The number of ether oxygens (including phenoxy) is 1. The molecule has 1 aromatic carbocycles. The van der Waals surface area contributed by atoms with Crippen molar-refractivity contribution in [1.29, 1.82) is 0 Å². The highest BCUT2D eigenvalue weighted by Gasteiger charge is 2.17. The van der Waals surface area contributed by atoms with Gasteiger partial charge >= 0.3 is 0 Å². The van der Waals surface area contributed by atoms with E-state index in [-0.39, 0.29) is 11.9 Å². The lowest BCUT2D eigenvalue weighted by Crippen LogP contribution is -2.36. The molecule has 1 heterocycles. The molecule has 0 bridgehead atoms. The van der Waals surface area contributed by atoms with Crippen molar-refractivity contribution in [3.8, 4) is 5.75 Å². The molecule has 19 heavy (non-hydrogen) atoms. The molecular weight excluding hydrogens is 240 g/mol. The van der Waals surface area contributed by atoms with E-state index in [9.17, 15) is 4.79 Å². The van der Waals surface area contributed by atoms with E-state index in [1.807, 2.05) is 24.3 Å². The fourth-order valence-electron chi connectivity index (χ4n) is 2.08. The average Bonchev–Trinajstić information content (AvgIpc) is 2.93. The highest BCUT2D eigenvalue weighted by Crippen LogP contribution is 2.13. The summed E-state index contributed by atoms with van der Waals surface area (Å²) in [6.07, 6.45) is 3.18. The standard InChI is InChI=1S/C15H22N2O2/c1-2-3-10-19-14-6-4-12(5-7-14)15(18)17-13-8-9-16-11-13/h4-7,13,16H,2-3,8-11H2,1H3,(H,17,18)/t13-/m0/s1. The molecule has 1 aliphatic rings. The Hall–Kier alpha value is -1.55. The predicted molar refractivity (Wildman–Crippen MR) is 75.6 cm³/mol. The molecule has 1 fully saturated rings. The van der Waals surface area contributed by atoms with Crippen molar-refractivity contribution in [3.05, 3.63) is 29.8 Å². The highest BCUT2D eigenvalue weighted by molar-refractivity contribution is 5.94. The van der Waals surface area contributed by atoms with E-state index in [0.717, 1.165) is 44.7 Å². The second kappa shape index (κ2) is 7.14. The molecule has 1 aromatic rings. The van der Waals surface area contributed by atoms with Crippen LogP contribution in [0.5, 0.6) is 5.75 Å². The van der Waals surface area contributed by atoms with Crippen LogP contribution in [-0.2, 0) is 0 Å². The summed E-state index contributed by atoms with van der Waals surface area (Å²) in [6, 6.07) is 7.61. The second-order valence-corrected chi connectivity index (χ2v) is 4.89. The number of carbonyl (C=O) groups is 1. The maximum Gasteiger partial charge on any atom is 0.251 e. The summed E-state index contributed by atoms with van der Waals surface area (Å²) in [5, 5.41) is 6.26. The van der Waals surface area contributed by atoms with Crippen LogP contribution in [0.2, 0.25) is 0 Å². The summed E-state index contributed by atoms with van der Waals surface area (Å²) in [5.74, 6) is 0.821. The van der Waals surface area contributed by atoms with Crippen molar-refractivity contribution in [2.75, 3.05) is 19.7 Å². The van der Waals surface area contributed by atoms with Crippen LogP contribution in [0, 0.1) is 0 Å². The van der Waals surface area contributed by atoms with Gasteiger partial charge in [-0.15, -0.1) is 0 Å². The number of nitrogens with one attached hydrogen (secondary N) is 2. The van der Waals surface area contributed by atoms with Crippen molar-refractivity contribution < 1.29 is 9.53 Å². The third-order valence-electron chi connectivity index (χ3n) is 3.28. The van der Waals surface area contributed by atoms with Gasteiger partial charge in [0.25, 0.3) is 5.91 Å². The van der Waals surface area contributed by atoms with Gasteiger partial charge in [-0.05, 0) is 43.7 Å². The molecule has 2 N–H and O–H groups in total. The minimum atomic E-state index is -0.00573. The predicted octanol–water partition coefficient (Wildman–Crippen LogP) is 1.96. The Morgan fingerprint density at radius 2 is 2.21 bits per heavy atom. The van der Waals surface area contributed by atoms with Gasteiger partial charge in [-0.1, -0.05) is 13.3 Å². The van der Waals surface area contributed by atoms with Gasteiger partial charge in [-0.2, -0.15) is 0 Å². The Labute approximate surface area is 114 Å². The van der Waals surface area contributed by atoms with Crippen LogP contribution in [0.1, 0.15) is 36.5 Å². The first-order valence-electron chi connectivity index (χ1n) is 7.04. The van der Waals surface area contributed by atoms with E-state index in [1.165, 1.54) is 0 Å². The monoisotopic (exact) mass is 262 g/mol. The molecule has 0 aliphatic carbocycles. The summed E-state index contributed by atoms with van der Waals surface area (Å²) < 4.78 is 5.57. The van der Waals surface area contributed by atoms with Gasteiger partial charge in [0.15, 0.2) is 0 Å². The van der Waals surface area contributed by atoms with Crippen molar-refractivity contribution in [2.45, 2.75) is 32.2 Å². The molecule has 1 aliphatic heterocycles. The molecule has 0 aromatic heterocycles. The SMILES string of the molecule is CCCCOc1ccc(C(=O)N[C@H]2CCNC2)cc1. The molecule has 2 rings (SSSR count). The lowest BCUT2D eigenvalue weighted by molar-refractivity contribution is 0.0940. The van der Waals surface area contributed by atoms with Gasteiger partial charge in [0.1, 0.15) is 5.75 Å². The Balaban J connectivity index is 1.84.